The molecule has 1 aromatic carbocycles. The zero-order chi connectivity index (χ0) is 19.1. The highest BCUT2D eigenvalue weighted by atomic mass is 16.3. The number of hydrogen-bond donors (Lipinski definition) is 2. The molecule has 0 bridgehead atoms. The van der Waals surface area contributed by atoms with Crippen LogP contribution in [-0.2, 0) is 5.60 Å². The first kappa shape index (κ1) is 18.4. The maximum absolute atomic E-state index is 12.0. The minimum Gasteiger partial charge on any atom is -0.380 e. The molecule has 3 heterocycles. The van der Waals surface area contributed by atoms with E-state index in [-0.39, 0.29) is 5.41 Å². The van der Waals surface area contributed by atoms with Gasteiger partial charge in [-0.3, -0.25) is 0 Å². The Morgan fingerprint density at radius 1 is 1.04 bits per heavy atom. The summed E-state index contributed by atoms with van der Waals surface area (Å²) < 4.78 is 0. The number of nitrogens with one attached hydrogen (secondary N) is 1. The van der Waals surface area contributed by atoms with Gasteiger partial charge >= 0.3 is 0 Å². The van der Waals surface area contributed by atoms with Crippen molar-refractivity contribution in [2.45, 2.75) is 45.1 Å². The molecular formula is C22H30N4O. The van der Waals surface area contributed by atoms with E-state index in [4.69, 9.17) is 0 Å². The lowest BCUT2D eigenvalue weighted by molar-refractivity contribution is -0.0771. The molecule has 0 spiro atoms. The fourth-order valence-electron chi connectivity index (χ4n) is 4.32. The summed E-state index contributed by atoms with van der Waals surface area (Å²) in [7, 11) is 0. The van der Waals surface area contributed by atoms with E-state index in [0.29, 0.717) is 5.92 Å². The molecule has 27 heavy (non-hydrogen) atoms. The summed E-state index contributed by atoms with van der Waals surface area (Å²) >= 11 is 0. The third kappa shape index (κ3) is 3.03. The fraction of sp³-hybridized carbons (Fsp3) is 0.545. The molecule has 4 rings (SSSR count). The van der Waals surface area contributed by atoms with Crippen LogP contribution in [0.15, 0.2) is 36.7 Å². The smallest absolute Gasteiger partial charge is 0.225 e. The molecule has 0 amide bonds. The number of nitrogens with zero attached hydrogens (tertiary/aromatic N) is 3. The molecule has 2 saturated heterocycles. The van der Waals surface area contributed by atoms with Gasteiger partial charge in [-0.1, -0.05) is 45.0 Å². The summed E-state index contributed by atoms with van der Waals surface area (Å²) in [4.78, 5) is 11.4. The van der Waals surface area contributed by atoms with Crippen molar-refractivity contribution in [1.82, 2.24) is 15.3 Å². The molecule has 2 aliphatic rings. The highest BCUT2D eigenvalue weighted by Crippen LogP contribution is 2.47. The molecule has 5 nitrogen and oxygen atoms in total. The van der Waals surface area contributed by atoms with Gasteiger partial charge < -0.3 is 15.3 Å². The Morgan fingerprint density at radius 2 is 1.63 bits per heavy atom. The molecular weight excluding hydrogens is 336 g/mol. The third-order valence-corrected chi connectivity index (χ3v) is 6.34. The van der Waals surface area contributed by atoms with Crippen LogP contribution >= 0.6 is 0 Å². The summed E-state index contributed by atoms with van der Waals surface area (Å²) in [5, 5.41) is 15.3. The number of benzene rings is 1. The maximum atomic E-state index is 12.0. The Balaban J connectivity index is 1.72. The lowest BCUT2D eigenvalue weighted by Crippen LogP contribution is -2.63. The molecule has 0 radical (unpaired) electrons. The fourth-order valence-corrected chi connectivity index (χ4v) is 4.32. The second kappa shape index (κ2) is 6.88. The van der Waals surface area contributed by atoms with Crippen LogP contribution in [0.25, 0.3) is 0 Å². The summed E-state index contributed by atoms with van der Waals surface area (Å²) in [6, 6.07) is 8.38. The molecule has 1 unspecified atom stereocenters. The van der Waals surface area contributed by atoms with Crippen molar-refractivity contribution in [2.24, 2.45) is 5.41 Å². The Morgan fingerprint density at radius 3 is 2.11 bits per heavy atom. The SMILES string of the molecule is CC(C)c1ccc(C(O)(c2cnc(N3CCCC3)nc2)C2(C)CNC2)cc1. The zero-order valence-corrected chi connectivity index (χ0v) is 16.6. The van der Waals surface area contributed by atoms with Gasteiger partial charge in [-0.15, -0.1) is 0 Å². The summed E-state index contributed by atoms with van der Waals surface area (Å²) in [6.45, 7) is 10.1. The predicted molar refractivity (Wildman–Crippen MR) is 108 cm³/mol. The second-order valence-corrected chi connectivity index (χ2v) is 8.62. The second-order valence-electron chi connectivity index (χ2n) is 8.62. The largest absolute Gasteiger partial charge is 0.380 e. The van der Waals surface area contributed by atoms with Crippen LogP contribution < -0.4 is 10.2 Å². The molecule has 1 aromatic heterocycles. The van der Waals surface area contributed by atoms with Crippen molar-refractivity contribution in [2.75, 3.05) is 31.1 Å². The highest BCUT2D eigenvalue weighted by molar-refractivity contribution is 5.42. The van der Waals surface area contributed by atoms with Crippen LogP contribution in [0.3, 0.4) is 0 Å². The molecule has 5 heteroatoms. The third-order valence-electron chi connectivity index (χ3n) is 6.34. The Kier molecular flexibility index (Phi) is 4.68. The van der Waals surface area contributed by atoms with Crippen LogP contribution in [-0.4, -0.2) is 41.3 Å². The number of aromatic nitrogens is 2. The molecule has 144 valence electrons. The average Bonchev–Trinajstić information content (AvgIpc) is 3.20. The number of rotatable bonds is 5. The van der Waals surface area contributed by atoms with Crippen LogP contribution in [0.2, 0.25) is 0 Å². The minimum absolute atomic E-state index is 0.287. The summed E-state index contributed by atoms with van der Waals surface area (Å²) in [5.74, 6) is 1.24. The van der Waals surface area contributed by atoms with E-state index in [9.17, 15) is 5.11 Å². The van der Waals surface area contributed by atoms with Crippen molar-refractivity contribution < 1.29 is 5.11 Å². The van der Waals surface area contributed by atoms with Gasteiger partial charge in [0, 0.05) is 49.6 Å². The van der Waals surface area contributed by atoms with Crippen LogP contribution in [0, 0.1) is 5.41 Å². The van der Waals surface area contributed by atoms with Gasteiger partial charge in [0.1, 0.15) is 5.60 Å². The van der Waals surface area contributed by atoms with E-state index < -0.39 is 5.60 Å². The number of anilines is 1. The van der Waals surface area contributed by atoms with E-state index in [1.54, 1.807) is 0 Å². The maximum Gasteiger partial charge on any atom is 0.225 e. The van der Waals surface area contributed by atoms with Gasteiger partial charge in [0.05, 0.1) is 0 Å². The van der Waals surface area contributed by atoms with Gasteiger partial charge in [-0.25, -0.2) is 9.97 Å². The van der Waals surface area contributed by atoms with Gasteiger partial charge in [0.25, 0.3) is 0 Å². The lowest BCUT2D eigenvalue weighted by Gasteiger charge is -2.51. The van der Waals surface area contributed by atoms with Gasteiger partial charge in [0.2, 0.25) is 5.95 Å². The zero-order valence-electron chi connectivity index (χ0n) is 16.6. The van der Waals surface area contributed by atoms with Crippen molar-refractivity contribution in [3.05, 3.63) is 53.3 Å². The van der Waals surface area contributed by atoms with E-state index in [1.165, 1.54) is 18.4 Å². The number of aliphatic hydroxyl groups is 1. The molecule has 0 saturated carbocycles. The van der Waals surface area contributed by atoms with Crippen molar-refractivity contribution in [3.8, 4) is 0 Å². The normalized spacial score (nSPS) is 21.1. The highest BCUT2D eigenvalue weighted by Gasteiger charge is 2.53. The molecule has 2 aromatic rings. The Labute approximate surface area is 161 Å². The van der Waals surface area contributed by atoms with Gasteiger partial charge in [0.15, 0.2) is 0 Å². The summed E-state index contributed by atoms with van der Waals surface area (Å²) in [5.41, 5.74) is 1.56. The van der Waals surface area contributed by atoms with E-state index in [1.807, 2.05) is 12.4 Å². The van der Waals surface area contributed by atoms with Crippen molar-refractivity contribution in [1.29, 1.82) is 0 Å². The molecule has 2 fully saturated rings. The van der Waals surface area contributed by atoms with Crippen LogP contribution in [0.5, 0.6) is 0 Å². The first-order valence-electron chi connectivity index (χ1n) is 10.0. The predicted octanol–water partition coefficient (Wildman–Crippen LogP) is 3.05. The first-order valence-corrected chi connectivity index (χ1v) is 10.0. The number of hydrogen-bond acceptors (Lipinski definition) is 5. The van der Waals surface area contributed by atoms with Gasteiger partial charge in [-0.05, 0) is 29.9 Å². The topological polar surface area (TPSA) is 61.3 Å². The van der Waals surface area contributed by atoms with E-state index in [2.05, 4.69) is 65.2 Å². The van der Waals surface area contributed by atoms with Crippen LogP contribution in [0.4, 0.5) is 5.95 Å². The average molecular weight is 367 g/mol. The lowest BCUT2D eigenvalue weighted by atomic mass is 9.63. The monoisotopic (exact) mass is 366 g/mol. The van der Waals surface area contributed by atoms with Crippen molar-refractivity contribution in [3.63, 3.8) is 0 Å². The molecule has 2 N–H and O–H groups in total. The standard InChI is InChI=1S/C22H30N4O/c1-16(2)17-6-8-18(9-7-17)22(27,21(3)14-23-15-21)19-12-24-20(25-13-19)26-10-4-5-11-26/h6-9,12-13,16,23,27H,4-5,10-11,14-15H2,1-3H3. The molecule has 1 atom stereocenters. The molecule has 0 aliphatic carbocycles. The van der Waals surface area contributed by atoms with Crippen molar-refractivity contribution >= 4 is 5.95 Å². The van der Waals surface area contributed by atoms with Gasteiger partial charge in [-0.2, -0.15) is 0 Å². The molecule has 2 aliphatic heterocycles. The van der Waals surface area contributed by atoms with E-state index >= 15 is 0 Å². The minimum atomic E-state index is -1.11. The Hall–Kier alpha value is -1.98. The summed E-state index contributed by atoms with van der Waals surface area (Å²) in [6.07, 6.45) is 6.03. The van der Waals surface area contributed by atoms with E-state index in [0.717, 1.165) is 43.3 Å². The quantitative estimate of drug-likeness (QED) is 0.852. The first-order chi connectivity index (χ1) is 12.9. The van der Waals surface area contributed by atoms with Crippen LogP contribution in [0.1, 0.15) is 56.2 Å². The Bertz CT molecular complexity index is 777.